The number of halogens is 1. The van der Waals surface area contributed by atoms with Crippen molar-refractivity contribution in [3.05, 3.63) is 99.8 Å². The molecule has 178 valence electrons. The molecule has 1 aromatic heterocycles. The van der Waals surface area contributed by atoms with Crippen molar-refractivity contribution in [3.63, 3.8) is 0 Å². The third-order valence-corrected chi connectivity index (χ3v) is 7.20. The van der Waals surface area contributed by atoms with Crippen LogP contribution in [0.4, 0.5) is 10.7 Å². The van der Waals surface area contributed by atoms with E-state index in [-0.39, 0.29) is 12.0 Å². The molecule has 3 aromatic carbocycles. The van der Waals surface area contributed by atoms with Gasteiger partial charge in [0.2, 0.25) is 0 Å². The number of hydrogen-bond acceptors (Lipinski definition) is 4. The van der Waals surface area contributed by atoms with E-state index in [1.54, 1.807) is 24.3 Å². The molecular weight excluding hydrogens is 478 g/mol. The van der Waals surface area contributed by atoms with Crippen LogP contribution in [-0.4, -0.2) is 23.2 Å². The average molecular weight is 504 g/mol. The largest absolute Gasteiger partial charge is 0.376 e. The van der Waals surface area contributed by atoms with E-state index in [4.69, 9.17) is 21.3 Å². The molecule has 1 aliphatic rings. The van der Waals surface area contributed by atoms with E-state index in [1.165, 1.54) is 16.9 Å². The number of aryl methyl sites for hydroxylation is 1. The molecule has 1 unspecified atom stereocenters. The van der Waals surface area contributed by atoms with Gasteiger partial charge in [-0.15, -0.1) is 0 Å². The molecule has 5 rings (SSSR count). The Labute approximate surface area is 213 Å². The SMILES string of the molecule is Cc1ccc(-c2c(NC(=O)c3ccc(Cl)cc3)sc(=Nc3ccccc3)n2CC2CCCO2)cc1. The van der Waals surface area contributed by atoms with Crippen LogP contribution in [-0.2, 0) is 11.3 Å². The van der Waals surface area contributed by atoms with Gasteiger partial charge >= 0.3 is 0 Å². The van der Waals surface area contributed by atoms with Crippen LogP contribution in [0.5, 0.6) is 0 Å². The van der Waals surface area contributed by atoms with Crippen molar-refractivity contribution in [2.24, 2.45) is 4.99 Å². The second kappa shape index (κ2) is 10.6. The fourth-order valence-electron chi connectivity index (χ4n) is 4.13. The van der Waals surface area contributed by atoms with Crippen molar-refractivity contribution >= 4 is 39.5 Å². The normalized spacial score (nSPS) is 15.9. The third-order valence-electron chi connectivity index (χ3n) is 5.96. The molecule has 0 saturated carbocycles. The average Bonchev–Trinajstić information content (AvgIpc) is 3.49. The van der Waals surface area contributed by atoms with E-state index in [0.717, 1.165) is 46.2 Å². The van der Waals surface area contributed by atoms with Crippen LogP contribution in [0.1, 0.15) is 28.8 Å². The van der Waals surface area contributed by atoms with E-state index < -0.39 is 0 Å². The molecule has 1 aliphatic heterocycles. The Balaban J connectivity index is 1.65. The van der Waals surface area contributed by atoms with Gasteiger partial charge in [-0.1, -0.05) is 71.0 Å². The Hall–Kier alpha value is -3.19. The number of aromatic nitrogens is 1. The second-order valence-electron chi connectivity index (χ2n) is 8.58. The quantitative estimate of drug-likeness (QED) is 0.313. The van der Waals surface area contributed by atoms with Crippen molar-refractivity contribution in [1.29, 1.82) is 0 Å². The predicted octanol–water partition coefficient (Wildman–Crippen LogP) is 6.84. The van der Waals surface area contributed by atoms with Crippen LogP contribution in [0.25, 0.3) is 11.3 Å². The third kappa shape index (κ3) is 5.56. The summed E-state index contributed by atoms with van der Waals surface area (Å²) in [7, 11) is 0. The first-order valence-electron chi connectivity index (χ1n) is 11.7. The zero-order valence-corrected chi connectivity index (χ0v) is 21.0. The highest BCUT2D eigenvalue weighted by atomic mass is 35.5. The zero-order chi connectivity index (χ0) is 24.2. The van der Waals surface area contributed by atoms with Crippen LogP contribution in [0.15, 0.2) is 83.9 Å². The van der Waals surface area contributed by atoms with Crippen molar-refractivity contribution in [2.45, 2.75) is 32.4 Å². The predicted molar refractivity (Wildman–Crippen MR) is 143 cm³/mol. The number of hydrogen-bond donors (Lipinski definition) is 1. The molecule has 35 heavy (non-hydrogen) atoms. The van der Waals surface area contributed by atoms with Gasteiger partial charge < -0.3 is 14.6 Å². The molecule has 0 spiro atoms. The lowest BCUT2D eigenvalue weighted by atomic mass is 10.1. The Morgan fingerprint density at radius 1 is 1.09 bits per heavy atom. The molecule has 1 saturated heterocycles. The van der Waals surface area contributed by atoms with Crippen molar-refractivity contribution in [1.82, 2.24) is 4.57 Å². The first-order chi connectivity index (χ1) is 17.1. The fraction of sp³-hybridized carbons (Fsp3) is 0.214. The summed E-state index contributed by atoms with van der Waals surface area (Å²) in [5.74, 6) is -0.188. The molecule has 0 bridgehead atoms. The van der Waals surface area contributed by atoms with Gasteiger partial charge in [0.15, 0.2) is 4.80 Å². The molecule has 2 heterocycles. The van der Waals surface area contributed by atoms with E-state index in [1.807, 2.05) is 30.3 Å². The molecule has 5 nitrogen and oxygen atoms in total. The standard InChI is InChI=1S/C28H26ClN3O2S/c1-19-9-11-20(12-10-19)25-27(31-26(33)21-13-15-22(29)16-14-21)35-28(30-23-6-3-2-4-7-23)32(25)18-24-8-5-17-34-24/h2-4,6-7,9-16,24H,5,8,17-18H2,1H3,(H,31,33). The molecule has 7 heteroatoms. The fourth-order valence-corrected chi connectivity index (χ4v) is 5.33. The van der Waals surface area contributed by atoms with Crippen LogP contribution < -0.4 is 10.1 Å². The molecule has 0 radical (unpaired) electrons. The number of para-hydroxylation sites is 1. The minimum atomic E-state index is -0.188. The molecule has 0 aliphatic carbocycles. The van der Waals surface area contributed by atoms with Gasteiger partial charge in [0.1, 0.15) is 5.00 Å². The van der Waals surface area contributed by atoms with Crippen molar-refractivity contribution in [3.8, 4) is 11.3 Å². The molecular formula is C28H26ClN3O2S. The second-order valence-corrected chi connectivity index (χ2v) is 10.00. The van der Waals surface area contributed by atoms with Crippen molar-refractivity contribution < 1.29 is 9.53 Å². The number of rotatable bonds is 6. The van der Waals surface area contributed by atoms with Gasteiger partial charge in [-0.2, -0.15) is 0 Å². The first-order valence-corrected chi connectivity index (χ1v) is 12.9. The summed E-state index contributed by atoms with van der Waals surface area (Å²) in [5, 5.41) is 4.49. The van der Waals surface area contributed by atoms with Gasteiger partial charge in [0, 0.05) is 22.8 Å². The number of carbonyl (C=O) groups excluding carboxylic acids is 1. The number of carbonyl (C=O) groups is 1. The Bertz CT molecular complexity index is 1370. The number of benzene rings is 3. The summed E-state index contributed by atoms with van der Waals surface area (Å²) in [6.07, 6.45) is 2.18. The monoisotopic (exact) mass is 503 g/mol. The molecule has 4 aromatic rings. The van der Waals surface area contributed by atoms with Gasteiger partial charge in [0.05, 0.1) is 24.0 Å². The maximum Gasteiger partial charge on any atom is 0.256 e. The highest BCUT2D eigenvalue weighted by molar-refractivity contribution is 7.14. The van der Waals surface area contributed by atoms with Crippen LogP contribution in [0.3, 0.4) is 0 Å². The highest BCUT2D eigenvalue weighted by Crippen LogP contribution is 2.33. The van der Waals surface area contributed by atoms with Gasteiger partial charge in [0.25, 0.3) is 5.91 Å². The minimum Gasteiger partial charge on any atom is -0.376 e. The lowest BCUT2D eigenvalue weighted by Crippen LogP contribution is -2.24. The van der Waals surface area contributed by atoms with Crippen molar-refractivity contribution in [2.75, 3.05) is 11.9 Å². The van der Waals surface area contributed by atoms with Gasteiger partial charge in [-0.05, 0) is 56.2 Å². The lowest BCUT2D eigenvalue weighted by molar-refractivity contribution is 0.0968. The zero-order valence-electron chi connectivity index (χ0n) is 19.4. The lowest BCUT2D eigenvalue weighted by Gasteiger charge is -2.15. The highest BCUT2D eigenvalue weighted by Gasteiger charge is 2.23. The van der Waals surface area contributed by atoms with Gasteiger partial charge in [-0.25, -0.2) is 4.99 Å². The van der Waals surface area contributed by atoms with E-state index in [2.05, 4.69) is 41.1 Å². The summed E-state index contributed by atoms with van der Waals surface area (Å²) >= 11 is 7.49. The van der Waals surface area contributed by atoms with E-state index in [9.17, 15) is 4.79 Å². The number of nitrogens with one attached hydrogen (secondary N) is 1. The maximum absolute atomic E-state index is 13.2. The number of thiazole rings is 1. The van der Waals surface area contributed by atoms with E-state index in [0.29, 0.717) is 17.1 Å². The Morgan fingerprint density at radius 2 is 1.83 bits per heavy atom. The first kappa shape index (κ1) is 23.5. The van der Waals surface area contributed by atoms with Crippen LogP contribution in [0.2, 0.25) is 5.02 Å². The Morgan fingerprint density at radius 3 is 2.51 bits per heavy atom. The van der Waals surface area contributed by atoms with E-state index >= 15 is 0 Å². The smallest absolute Gasteiger partial charge is 0.256 e. The minimum absolute atomic E-state index is 0.114. The number of anilines is 1. The molecule has 1 N–H and O–H groups in total. The summed E-state index contributed by atoms with van der Waals surface area (Å²) in [4.78, 5) is 18.9. The summed E-state index contributed by atoms with van der Waals surface area (Å²) in [5.41, 5.74) is 4.54. The number of ether oxygens (including phenoxy) is 1. The molecule has 1 fully saturated rings. The summed E-state index contributed by atoms with van der Waals surface area (Å²) < 4.78 is 8.18. The Kier molecular flexibility index (Phi) is 7.13. The van der Waals surface area contributed by atoms with Crippen LogP contribution in [0, 0.1) is 6.92 Å². The topological polar surface area (TPSA) is 55.6 Å². The summed E-state index contributed by atoms with van der Waals surface area (Å²) in [6, 6.07) is 25.1. The summed E-state index contributed by atoms with van der Waals surface area (Å²) in [6.45, 7) is 3.51. The van der Waals surface area contributed by atoms with Gasteiger partial charge in [-0.3, -0.25) is 4.79 Å². The molecule has 1 atom stereocenters. The number of amides is 1. The molecule has 1 amide bonds. The van der Waals surface area contributed by atoms with Crippen LogP contribution >= 0.6 is 22.9 Å². The number of nitrogens with zero attached hydrogens (tertiary/aromatic N) is 2. The maximum atomic E-state index is 13.2.